The first-order valence-corrected chi connectivity index (χ1v) is 3.35. The van der Waals surface area contributed by atoms with Gasteiger partial charge in [0.25, 0.3) is 5.91 Å². The molecular formula is C7H5N3O2. The summed E-state index contributed by atoms with van der Waals surface area (Å²) in [5.41, 5.74) is 0.698. The summed E-state index contributed by atoms with van der Waals surface area (Å²) in [6.45, 7) is 0. The summed E-state index contributed by atoms with van der Waals surface area (Å²) in [6.07, 6.45) is 1.66. The van der Waals surface area contributed by atoms with Gasteiger partial charge in [0.2, 0.25) is 0 Å². The lowest BCUT2D eigenvalue weighted by Gasteiger charge is -1.90. The van der Waals surface area contributed by atoms with Crippen LogP contribution in [0.15, 0.2) is 23.3 Å². The predicted molar refractivity (Wildman–Crippen MR) is 40.9 cm³/mol. The number of aromatic amines is 1. The number of aromatic nitrogens is 1. The number of hydrogen-bond donors (Lipinski definition) is 2. The standard InChI is InChI=1S/C7H5N3O2/c11-6-5(9-7(12)10-6)4-2-1-3-8-4/h1-3,8H,(H,10,11,12). The van der Waals surface area contributed by atoms with Crippen molar-refractivity contribution in [3.8, 4) is 0 Å². The van der Waals surface area contributed by atoms with Crippen LogP contribution < -0.4 is 5.32 Å². The molecule has 5 nitrogen and oxygen atoms in total. The maximum atomic E-state index is 11.0. The van der Waals surface area contributed by atoms with Crippen LogP contribution in [0.25, 0.3) is 0 Å². The molecule has 0 fully saturated rings. The minimum atomic E-state index is -0.607. The third kappa shape index (κ3) is 0.914. The summed E-state index contributed by atoms with van der Waals surface area (Å²) in [5.74, 6) is -0.456. The minimum absolute atomic E-state index is 0.144. The molecule has 2 rings (SSSR count). The lowest BCUT2D eigenvalue weighted by Crippen LogP contribution is -2.25. The largest absolute Gasteiger partial charge is 0.360 e. The van der Waals surface area contributed by atoms with Gasteiger partial charge < -0.3 is 4.98 Å². The molecule has 0 aromatic carbocycles. The topological polar surface area (TPSA) is 74.3 Å². The summed E-state index contributed by atoms with van der Waals surface area (Å²) in [5, 5.41) is 2.05. The van der Waals surface area contributed by atoms with Crippen molar-refractivity contribution in [2.45, 2.75) is 0 Å². The van der Waals surface area contributed by atoms with Gasteiger partial charge in [-0.1, -0.05) is 0 Å². The number of rotatable bonds is 1. The zero-order chi connectivity index (χ0) is 8.55. The number of nitrogens with one attached hydrogen (secondary N) is 2. The maximum absolute atomic E-state index is 11.0. The van der Waals surface area contributed by atoms with Crippen LogP contribution in [0.5, 0.6) is 0 Å². The Labute approximate surface area is 67.5 Å². The molecule has 12 heavy (non-hydrogen) atoms. The van der Waals surface area contributed by atoms with Gasteiger partial charge in [0.15, 0.2) is 5.71 Å². The molecule has 3 amide bonds. The summed E-state index contributed by atoms with van der Waals surface area (Å²) < 4.78 is 0. The number of aliphatic imine (C=N–C) groups is 1. The Morgan fingerprint density at radius 2 is 2.17 bits per heavy atom. The van der Waals surface area contributed by atoms with Crippen LogP contribution >= 0.6 is 0 Å². The molecule has 1 aromatic heterocycles. The molecule has 1 aliphatic heterocycles. The average molecular weight is 163 g/mol. The molecule has 0 spiro atoms. The van der Waals surface area contributed by atoms with Crippen LogP contribution in [-0.4, -0.2) is 22.6 Å². The molecule has 5 heteroatoms. The van der Waals surface area contributed by atoms with Crippen LogP contribution in [0, 0.1) is 0 Å². The van der Waals surface area contributed by atoms with Gasteiger partial charge in [-0.25, -0.2) is 4.79 Å². The Morgan fingerprint density at radius 1 is 1.33 bits per heavy atom. The van der Waals surface area contributed by atoms with E-state index >= 15 is 0 Å². The van der Waals surface area contributed by atoms with Crippen LogP contribution in [0.1, 0.15) is 5.69 Å². The van der Waals surface area contributed by atoms with E-state index in [9.17, 15) is 9.59 Å². The number of H-pyrrole nitrogens is 1. The van der Waals surface area contributed by atoms with E-state index in [2.05, 4.69) is 15.3 Å². The molecule has 60 valence electrons. The smallest absolute Gasteiger partial charge is 0.348 e. The molecule has 0 saturated carbocycles. The van der Waals surface area contributed by atoms with Crippen molar-refractivity contribution in [1.82, 2.24) is 10.3 Å². The number of carbonyl (C=O) groups is 2. The van der Waals surface area contributed by atoms with E-state index in [0.29, 0.717) is 5.69 Å². The van der Waals surface area contributed by atoms with Crippen molar-refractivity contribution in [3.05, 3.63) is 24.0 Å². The first-order valence-electron chi connectivity index (χ1n) is 3.35. The molecule has 1 aliphatic rings. The van der Waals surface area contributed by atoms with Crippen LogP contribution in [0.4, 0.5) is 4.79 Å². The second-order valence-corrected chi connectivity index (χ2v) is 2.30. The molecule has 0 radical (unpaired) electrons. The van der Waals surface area contributed by atoms with Crippen LogP contribution in [0.3, 0.4) is 0 Å². The molecule has 0 unspecified atom stereocenters. The highest BCUT2D eigenvalue weighted by molar-refractivity contribution is 6.51. The number of amides is 3. The van der Waals surface area contributed by atoms with Crippen molar-refractivity contribution >= 4 is 17.6 Å². The van der Waals surface area contributed by atoms with Crippen molar-refractivity contribution in [2.75, 3.05) is 0 Å². The third-order valence-corrected chi connectivity index (χ3v) is 1.50. The zero-order valence-corrected chi connectivity index (χ0v) is 6.00. The number of urea groups is 1. The van der Waals surface area contributed by atoms with Gasteiger partial charge in [-0.2, -0.15) is 4.99 Å². The van der Waals surface area contributed by atoms with Crippen molar-refractivity contribution in [3.63, 3.8) is 0 Å². The summed E-state index contributed by atoms with van der Waals surface area (Å²) in [4.78, 5) is 27.9. The number of carbonyl (C=O) groups excluding carboxylic acids is 2. The fourth-order valence-electron chi connectivity index (χ4n) is 0.997. The van der Waals surface area contributed by atoms with Gasteiger partial charge in [-0.3, -0.25) is 10.1 Å². The molecule has 2 heterocycles. The molecular weight excluding hydrogens is 158 g/mol. The summed E-state index contributed by atoms with van der Waals surface area (Å²) >= 11 is 0. The van der Waals surface area contributed by atoms with Gasteiger partial charge in [-0.15, -0.1) is 0 Å². The Kier molecular flexibility index (Phi) is 1.30. The van der Waals surface area contributed by atoms with Crippen molar-refractivity contribution in [1.29, 1.82) is 0 Å². The van der Waals surface area contributed by atoms with E-state index in [0.717, 1.165) is 0 Å². The Morgan fingerprint density at radius 3 is 2.67 bits per heavy atom. The van der Waals surface area contributed by atoms with E-state index in [1.807, 2.05) is 0 Å². The van der Waals surface area contributed by atoms with Gasteiger partial charge >= 0.3 is 6.03 Å². The lowest BCUT2D eigenvalue weighted by atomic mass is 10.3. The predicted octanol–water partition coefficient (Wildman–Crippen LogP) is 0.0536. The molecule has 0 bridgehead atoms. The highest BCUT2D eigenvalue weighted by Crippen LogP contribution is 2.02. The molecule has 0 aliphatic carbocycles. The molecule has 2 N–H and O–H groups in total. The number of nitrogens with zero attached hydrogens (tertiary/aromatic N) is 1. The van der Waals surface area contributed by atoms with E-state index in [4.69, 9.17) is 0 Å². The van der Waals surface area contributed by atoms with Gasteiger partial charge in [0, 0.05) is 6.20 Å². The Hall–Kier alpha value is -1.91. The quantitative estimate of drug-likeness (QED) is 0.614. The van der Waals surface area contributed by atoms with E-state index in [1.54, 1.807) is 18.3 Å². The third-order valence-electron chi connectivity index (χ3n) is 1.50. The maximum Gasteiger partial charge on any atom is 0.348 e. The van der Waals surface area contributed by atoms with Gasteiger partial charge in [-0.05, 0) is 12.1 Å². The van der Waals surface area contributed by atoms with E-state index in [-0.39, 0.29) is 5.71 Å². The Balaban J connectivity index is 2.43. The fourth-order valence-corrected chi connectivity index (χ4v) is 0.997. The van der Waals surface area contributed by atoms with E-state index < -0.39 is 11.9 Å². The lowest BCUT2D eigenvalue weighted by molar-refractivity contribution is -0.113. The monoisotopic (exact) mass is 163 g/mol. The van der Waals surface area contributed by atoms with Crippen LogP contribution in [0.2, 0.25) is 0 Å². The fraction of sp³-hybridized carbons (Fsp3) is 0. The average Bonchev–Trinajstić information content (AvgIpc) is 2.58. The summed E-state index contributed by atoms with van der Waals surface area (Å²) in [6, 6.07) is 2.80. The summed E-state index contributed by atoms with van der Waals surface area (Å²) in [7, 11) is 0. The molecule has 0 saturated heterocycles. The van der Waals surface area contributed by atoms with Crippen molar-refractivity contribution < 1.29 is 9.59 Å². The van der Waals surface area contributed by atoms with Crippen LogP contribution in [-0.2, 0) is 4.79 Å². The Bertz CT molecular complexity index is 364. The first-order chi connectivity index (χ1) is 5.77. The second kappa shape index (κ2) is 2.30. The number of imide groups is 1. The highest BCUT2D eigenvalue weighted by atomic mass is 16.2. The number of hydrogen-bond acceptors (Lipinski definition) is 2. The zero-order valence-electron chi connectivity index (χ0n) is 6.00. The second-order valence-electron chi connectivity index (χ2n) is 2.30. The highest BCUT2D eigenvalue weighted by Gasteiger charge is 2.24. The van der Waals surface area contributed by atoms with Gasteiger partial charge in [0.1, 0.15) is 0 Å². The van der Waals surface area contributed by atoms with Gasteiger partial charge in [0.05, 0.1) is 5.69 Å². The first kappa shape index (κ1) is 6.78. The normalized spacial score (nSPS) is 16.2. The SMILES string of the molecule is O=C1N=C(c2ccc[nH]2)C(=O)N1. The van der Waals surface area contributed by atoms with Crippen molar-refractivity contribution in [2.24, 2.45) is 4.99 Å². The van der Waals surface area contributed by atoms with E-state index in [1.165, 1.54) is 0 Å². The molecule has 1 aromatic rings. The molecule has 0 atom stereocenters. The minimum Gasteiger partial charge on any atom is -0.360 e.